The molecule has 0 aliphatic carbocycles. The van der Waals surface area contributed by atoms with Crippen LogP contribution in [0, 0.1) is 5.92 Å². The van der Waals surface area contributed by atoms with Crippen LogP contribution >= 0.6 is 11.3 Å². The fourth-order valence-electron chi connectivity index (χ4n) is 1.70. The molecule has 1 atom stereocenters. The van der Waals surface area contributed by atoms with Crippen molar-refractivity contribution < 1.29 is 5.11 Å². The van der Waals surface area contributed by atoms with Crippen LogP contribution in [-0.4, -0.2) is 23.2 Å². The first-order valence-corrected chi connectivity index (χ1v) is 7.25. The highest BCUT2D eigenvalue weighted by molar-refractivity contribution is 7.11. The van der Waals surface area contributed by atoms with Gasteiger partial charge in [0.25, 0.3) is 0 Å². The van der Waals surface area contributed by atoms with Crippen molar-refractivity contribution in [3.8, 4) is 0 Å². The van der Waals surface area contributed by atoms with Gasteiger partial charge >= 0.3 is 0 Å². The minimum atomic E-state index is 0.290. The smallest absolute Gasteiger partial charge is 0.0953 e. The molecule has 3 nitrogen and oxygen atoms in total. The molecule has 0 amide bonds. The van der Waals surface area contributed by atoms with Crippen molar-refractivity contribution in [2.24, 2.45) is 5.92 Å². The van der Waals surface area contributed by atoms with Crippen molar-refractivity contribution in [3.63, 3.8) is 0 Å². The highest BCUT2D eigenvalue weighted by Gasteiger charge is 2.07. The van der Waals surface area contributed by atoms with E-state index in [1.165, 1.54) is 9.88 Å². The average Bonchev–Trinajstić information content (AvgIpc) is 2.77. The third-order valence-electron chi connectivity index (χ3n) is 2.91. The highest BCUT2D eigenvalue weighted by atomic mass is 32.1. The second kappa shape index (κ2) is 7.80. The Morgan fingerprint density at radius 3 is 2.76 bits per heavy atom. The molecule has 1 aromatic heterocycles. The van der Waals surface area contributed by atoms with E-state index < -0.39 is 0 Å². The second-order valence-electron chi connectivity index (χ2n) is 4.74. The SMILES string of the molecule is CCC(CCO)CNCc1cnc(C(C)C)s1. The number of rotatable bonds is 8. The summed E-state index contributed by atoms with van der Waals surface area (Å²) in [6.45, 7) is 8.68. The van der Waals surface area contributed by atoms with Crippen molar-refractivity contribution in [1.29, 1.82) is 0 Å². The Morgan fingerprint density at radius 1 is 1.47 bits per heavy atom. The Labute approximate surface area is 108 Å². The maximum atomic E-state index is 8.91. The quantitative estimate of drug-likeness (QED) is 0.752. The molecule has 0 spiro atoms. The lowest BCUT2D eigenvalue weighted by atomic mass is 10.0. The van der Waals surface area contributed by atoms with Gasteiger partial charge in [-0.2, -0.15) is 0 Å². The molecule has 0 bridgehead atoms. The Hall–Kier alpha value is -0.450. The molecule has 1 unspecified atom stereocenters. The van der Waals surface area contributed by atoms with Crippen molar-refractivity contribution in [2.75, 3.05) is 13.2 Å². The second-order valence-corrected chi connectivity index (χ2v) is 5.88. The molecule has 1 aromatic rings. The molecule has 0 saturated carbocycles. The van der Waals surface area contributed by atoms with Crippen LogP contribution in [0.2, 0.25) is 0 Å². The van der Waals surface area contributed by atoms with Gasteiger partial charge in [-0.15, -0.1) is 11.3 Å². The van der Waals surface area contributed by atoms with E-state index in [0.29, 0.717) is 11.8 Å². The zero-order valence-corrected chi connectivity index (χ0v) is 11.9. The first-order chi connectivity index (χ1) is 8.17. The molecule has 4 heteroatoms. The van der Waals surface area contributed by atoms with E-state index >= 15 is 0 Å². The van der Waals surface area contributed by atoms with Crippen molar-refractivity contribution in [3.05, 3.63) is 16.1 Å². The predicted molar refractivity (Wildman–Crippen MR) is 73.4 cm³/mol. The monoisotopic (exact) mass is 256 g/mol. The van der Waals surface area contributed by atoms with Crippen molar-refractivity contribution in [2.45, 2.75) is 46.1 Å². The minimum Gasteiger partial charge on any atom is -0.396 e. The summed E-state index contributed by atoms with van der Waals surface area (Å²) in [6.07, 6.45) is 3.98. The molecule has 2 N–H and O–H groups in total. The lowest BCUT2D eigenvalue weighted by molar-refractivity contribution is 0.251. The van der Waals surface area contributed by atoms with E-state index in [0.717, 1.165) is 25.9 Å². The number of hydrogen-bond acceptors (Lipinski definition) is 4. The summed E-state index contributed by atoms with van der Waals surface area (Å²) in [7, 11) is 0. The third-order valence-corrected chi connectivity index (χ3v) is 4.21. The van der Waals surface area contributed by atoms with Crippen molar-refractivity contribution in [1.82, 2.24) is 10.3 Å². The van der Waals surface area contributed by atoms with E-state index in [2.05, 4.69) is 31.1 Å². The minimum absolute atomic E-state index is 0.290. The summed E-state index contributed by atoms with van der Waals surface area (Å²) in [6, 6.07) is 0. The Balaban J connectivity index is 2.29. The van der Waals surface area contributed by atoms with Crippen LogP contribution < -0.4 is 5.32 Å². The standard InChI is InChI=1S/C13H24N2OS/c1-4-11(5-6-16)7-14-8-12-9-15-13(17-12)10(2)3/h9-11,14,16H,4-8H2,1-3H3. The van der Waals surface area contributed by atoms with E-state index in [9.17, 15) is 0 Å². The van der Waals surface area contributed by atoms with Gasteiger partial charge < -0.3 is 10.4 Å². The Kier molecular flexibility index (Phi) is 6.70. The molecule has 0 aliphatic rings. The number of aromatic nitrogens is 1. The van der Waals surface area contributed by atoms with E-state index in [1.54, 1.807) is 11.3 Å². The Morgan fingerprint density at radius 2 is 2.24 bits per heavy atom. The van der Waals surface area contributed by atoms with Gasteiger partial charge in [-0.3, -0.25) is 0 Å². The van der Waals surface area contributed by atoms with Crippen LogP contribution in [0.3, 0.4) is 0 Å². The Bertz CT molecular complexity index is 312. The van der Waals surface area contributed by atoms with Gasteiger partial charge in [0, 0.05) is 30.1 Å². The summed E-state index contributed by atoms with van der Waals surface area (Å²) in [5.74, 6) is 1.10. The van der Waals surface area contributed by atoms with Gasteiger partial charge in [0.05, 0.1) is 5.01 Å². The first kappa shape index (κ1) is 14.6. The van der Waals surface area contributed by atoms with Gasteiger partial charge in [0.1, 0.15) is 0 Å². The molecule has 1 rings (SSSR count). The van der Waals surface area contributed by atoms with E-state index in [-0.39, 0.29) is 6.61 Å². The fourth-order valence-corrected chi connectivity index (χ4v) is 2.59. The normalized spacial score (nSPS) is 13.2. The number of thiazole rings is 1. The molecule has 0 radical (unpaired) electrons. The molecule has 0 fully saturated rings. The third kappa shape index (κ3) is 5.15. The van der Waals surface area contributed by atoms with Gasteiger partial charge in [-0.1, -0.05) is 27.2 Å². The molecule has 98 valence electrons. The number of nitrogens with one attached hydrogen (secondary N) is 1. The summed E-state index contributed by atoms with van der Waals surface area (Å²) < 4.78 is 0. The molecule has 17 heavy (non-hydrogen) atoms. The molecule has 0 saturated heterocycles. The van der Waals surface area contributed by atoms with Crippen LogP contribution in [0.25, 0.3) is 0 Å². The average molecular weight is 256 g/mol. The lowest BCUT2D eigenvalue weighted by Gasteiger charge is -2.13. The zero-order chi connectivity index (χ0) is 12.7. The number of hydrogen-bond donors (Lipinski definition) is 2. The van der Waals surface area contributed by atoms with E-state index in [1.807, 2.05) is 6.20 Å². The summed E-state index contributed by atoms with van der Waals surface area (Å²) in [5.41, 5.74) is 0. The van der Waals surface area contributed by atoms with E-state index in [4.69, 9.17) is 5.11 Å². The molecule has 1 heterocycles. The largest absolute Gasteiger partial charge is 0.396 e. The van der Waals surface area contributed by atoms with Crippen LogP contribution in [0.1, 0.15) is 49.4 Å². The number of aliphatic hydroxyl groups is 1. The van der Waals surface area contributed by atoms with Gasteiger partial charge in [-0.25, -0.2) is 4.98 Å². The number of nitrogens with zero attached hydrogens (tertiary/aromatic N) is 1. The van der Waals surface area contributed by atoms with Crippen LogP contribution in [0.15, 0.2) is 6.20 Å². The van der Waals surface area contributed by atoms with Gasteiger partial charge in [-0.05, 0) is 18.9 Å². The molecular formula is C13H24N2OS. The topological polar surface area (TPSA) is 45.1 Å². The maximum Gasteiger partial charge on any atom is 0.0953 e. The van der Waals surface area contributed by atoms with Crippen LogP contribution in [-0.2, 0) is 6.54 Å². The summed E-state index contributed by atoms with van der Waals surface area (Å²) >= 11 is 1.79. The summed E-state index contributed by atoms with van der Waals surface area (Å²) in [4.78, 5) is 5.71. The molecule has 0 aromatic carbocycles. The maximum absolute atomic E-state index is 8.91. The van der Waals surface area contributed by atoms with Crippen molar-refractivity contribution >= 4 is 11.3 Å². The van der Waals surface area contributed by atoms with Crippen LogP contribution in [0.4, 0.5) is 0 Å². The zero-order valence-electron chi connectivity index (χ0n) is 11.1. The summed E-state index contributed by atoms with van der Waals surface area (Å²) in [5, 5.41) is 13.6. The lowest BCUT2D eigenvalue weighted by Crippen LogP contribution is -2.22. The predicted octanol–water partition coefficient (Wildman–Crippen LogP) is 2.76. The van der Waals surface area contributed by atoms with Crippen LogP contribution in [0.5, 0.6) is 0 Å². The number of aliphatic hydroxyl groups excluding tert-OH is 1. The first-order valence-electron chi connectivity index (χ1n) is 6.43. The van der Waals surface area contributed by atoms with Gasteiger partial charge in [0.2, 0.25) is 0 Å². The highest BCUT2D eigenvalue weighted by Crippen LogP contribution is 2.20. The fraction of sp³-hybridized carbons (Fsp3) is 0.769. The molecular weight excluding hydrogens is 232 g/mol. The van der Waals surface area contributed by atoms with Gasteiger partial charge in [0.15, 0.2) is 0 Å². The molecule has 0 aliphatic heterocycles.